The average molecular weight is 521 g/mol. The molecule has 38 heavy (non-hydrogen) atoms. The van der Waals surface area contributed by atoms with Crippen molar-refractivity contribution in [2.45, 2.75) is 56.7 Å². The summed E-state index contributed by atoms with van der Waals surface area (Å²) < 4.78 is 8.79. The van der Waals surface area contributed by atoms with E-state index in [1.807, 2.05) is 11.0 Å². The maximum atomic E-state index is 13.4. The lowest BCUT2D eigenvalue weighted by atomic mass is 10.0. The normalized spacial score (nSPS) is 20.0. The number of amides is 2. The van der Waals surface area contributed by atoms with Crippen LogP contribution in [0.3, 0.4) is 0 Å². The van der Waals surface area contributed by atoms with Crippen LogP contribution in [0, 0.1) is 0 Å². The number of carbonyl (C=O) groups is 2. The Hall–Kier alpha value is -3.93. The molecule has 0 radical (unpaired) electrons. The lowest BCUT2D eigenvalue weighted by Gasteiger charge is -2.34. The van der Waals surface area contributed by atoms with Gasteiger partial charge in [0.25, 0.3) is 17.4 Å². The molecular weight excluding hydrogens is 488 g/mol. The summed E-state index contributed by atoms with van der Waals surface area (Å²) >= 11 is 0. The molecule has 0 bridgehead atoms. The highest BCUT2D eigenvalue weighted by Crippen LogP contribution is 2.26. The van der Waals surface area contributed by atoms with Crippen LogP contribution in [0.1, 0.15) is 55.1 Å². The Balaban J connectivity index is 1.21. The van der Waals surface area contributed by atoms with Crippen LogP contribution in [0.25, 0.3) is 5.65 Å². The van der Waals surface area contributed by atoms with Gasteiger partial charge in [0.2, 0.25) is 0 Å². The number of carbonyl (C=O) groups excluding carboxylic acids is 2. The highest BCUT2D eigenvalue weighted by atomic mass is 16.5. The minimum Gasteiger partial charge on any atom is -0.385 e. The van der Waals surface area contributed by atoms with E-state index in [9.17, 15) is 14.4 Å². The molecule has 2 saturated heterocycles. The van der Waals surface area contributed by atoms with E-state index >= 15 is 0 Å². The van der Waals surface area contributed by atoms with E-state index < -0.39 is 0 Å². The molecule has 3 N–H and O–H groups in total. The van der Waals surface area contributed by atoms with Gasteiger partial charge in [-0.1, -0.05) is 0 Å². The molecule has 2 amide bonds. The largest absolute Gasteiger partial charge is 0.385 e. The van der Waals surface area contributed by atoms with E-state index in [0.717, 1.165) is 25.7 Å². The van der Waals surface area contributed by atoms with Gasteiger partial charge >= 0.3 is 0 Å². The molecule has 12 nitrogen and oxygen atoms in total. The topological polar surface area (TPSA) is 135 Å². The standard InChI is InChI=1S/C26H32N8O4/c1-27-19-14-22(31-34-20(15-28-23(19)34)24(35)29-16-6-7-16)30-18-4-2-10-33(25(18)36)17-8-11-32(12-9-17)26(37)21-5-3-13-38-21/h2,4,10,14-17,21,27H,3,5-9,11-13H2,1H3,(H,29,35)(H,30,31). The van der Waals surface area contributed by atoms with Crippen molar-refractivity contribution in [3.63, 3.8) is 0 Å². The second-order valence-corrected chi connectivity index (χ2v) is 10.1. The average Bonchev–Trinajstić information content (AvgIpc) is 3.38. The lowest BCUT2D eigenvalue weighted by Crippen LogP contribution is -2.45. The molecule has 1 saturated carbocycles. The molecule has 3 aromatic heterocycles. The van der Waals surface area contributed by atoms with Crippen molar-refractivity contribution in [2.75, 3.05) is 37.4 Å². The summed E-state index contributed by atoms with van der Waals surface area (Å²) in [4.78, 5) is 45.1. The molecule has 2 aliphatic heterocycles. The first kappa shape index (κ1) is 24.4. The highest BCUT2D eigenvalue weighted by Gasteiger charge is 2.31. The summed E-state index contributed by atoms with van der Waals surface area (Å²) in [6, 6.07) is 5.51. The van der Waals surface area contributed by atoms with E-state index in [1.165, 1.54) is 10.7 Å². The number of anilines is 3. The molecule has 1 unspecified atom stereocenters. The number of ether oxygens (including phenoxy) is 1. The van der Waals surface area contributed by atoms with Gasteiger partial charge in [0.05, 0.1) is 11.9 Å². The second kappa shape index (κ2) is 10.1. The number of aromatic nitrogens is 4. The minimum absolute atomic E-state index is 0.00697. The Morgan fingerprint density at radius 3 is 2.63 bits per heavy atom. The predicted molar refractivity (Wildman–Crippen MR) is 141 cm³/mol. The monoisotopic (exact) mass is 520 g/mol. The van der Waals surface area contributed by atoms with Gasteiger partial charge in [0.15, 0.2) is 17.2 Å². The summed E-state index contributed by atoms with van der Waals surface area (Å²) in [5, 5.41) is 13.8. The van der Waals surface area contributed by atoms with Gasteiger partial charge in [-0.25, -0.2) is 9.50 Å². The van der Waals surface area contributed by atoms with E-state index in [2.05, 4.69) is 26.0 Å². The van der Waals surface area contributed by atoms with Crippen LogP contribution in [0.2, 0.25) is 0 Å². The van der Waals surface area contributed by atoms with Gasteiger partial charge in [-0.3, -0.25) is 14.4 Å². The predicted octanol–water partition coefficient (Wildman–Crippen LogP) is 1.91. The Labute approximate surface area is 219 Å². The third kappa shape index (κ3) is 4.71. The Bertz CT molecular complexity index is 1410. The van der Waals surface area contributed by atoms with Crippen LogP contribution in [-0.2, 0) is 9.53 Å². The molecule has 3 fully saturated rings. The van der Waals surface area contributed by atoms with Crippen molar-refractivity contribution in [1.29, 1.82) is 0 Å². The SMILES string of the molecule is CNc1cc(Nc2cccn(C3CCN(C(=O)C4CCCO4)CC3)c2=O)nn2c(C(=O)NC3CC3)cnc12. The van der Waals surface area contributed by atoms with Crippen molar-refractivity contribution in [3.8, 4) is 0 Å². The Morgan fingerprint density at radius 2 is 1.92 bits per heavy atom. The number of rotatable bonds is 7. The molecule has 6 rings (SSSR count). The summed E-state index contributed by atoms with van der Waals surface area (Å²) in [5.74, 6) is 0.250. The molecule has 0 spiro atoms. The van der Waals surface area contributed by atoms with E-state index in [0.29, 0.717) is 61.1 Å². The molecule has 3 aliphatic rings. The molecule has 3 aromatic rings. The zero-order chi connectivity index (χ0) is 26.2. The van der Waals surface area contributed by atoms with Crippen LogP contribution in [-0.4, -0.2) is 74.8 Å². The second-order valence-electron chi connectivity index (χ2n) is 10.1. The zero-order valence-corrected chi connectivity index (χ0v) is 21.4. The van der Waals surface area contributed by atoms with Gasteiger partial charge in [0, 0.05) is 51.1 Å². The number of fused-ring (bicyclic) bond motifs is 1. The number of hydrogen-bond acceptors (Lipinski definition) is 8. The van der Waals surface area contributed by atoms with Crippen LogP contribution < -0.4 is 21.5 Å². The Morgan fingerprint density at radius 1 is 1.11 bits per heavy atom. The smallest absolute Gasteiger partial charge is 0.274 e. The van der Waals surface area contributed by atoms with Crippen LogP contribution >= 0.6 is 0 Å². The molecule has 1 atom stereocenters. The number of hydrogen-bond donors (Lipinski definition) is 3. The fourth-order valence-corrected chi connectivity index (χ4v) is 5.23. The van der Waals surface area contributed by atoms with Gasteiger partial charge in [-0.2, -0.15) is 0 Å². The van der Waals surface area contributed by atoms with Crippen molar-refractivity contribution in [1.82, 2.24) is 29.4 Å². The number of nitrogens with zero attached hydrogens (tertiary/aromatic N) is 5. The van der Waals surface area contributed by atoms with Crippen molar-refractivity contribution in [3.05, 3.63) is 46.6 Å². The van der Waals surface area contributed by atoms with Crippen LogP contribution in [0.15, 0.2) is 35.4 Å². The third-order valence-corrected chi connectivity index (χ3v) is 7.49. The van der Waals surface area contributed by atoms with E-state index in [4.69, 9.17) is 4.74 Å². The Kier molecular flexibility index (Phi) is 6.48. The third-order valence-electron chi connectivity index (χ3n) is 7.49. The summed E-state index contributed by atoms with van der Waals surface area (Å²) in [5.41, 5.74) is 1.74. The maximum Gasteiger partial charge on any atom is 0.274 e. The fraction of sp³-hybridized carbons (Fsp3) is 0.500. The summed E-state index contributed by atoms with van der Waals surface area (Å²) in [6.45, 7) is 1.85. The van der Waals surface area contributed by atoms with E-state index in [1.54, 1.807) is 29.9 Å². The first-order valence-electron chi connectivity index (χ1n) is 13.3. The van der Waals surface area contributed by atoms with Crippen LogP contribution in [0.4, 0.5) is 17.2 Å². The van der Waals surface area contributed by atoms with Gasteiger partial charge in [0.1, 0.15) is 11.8 Å². The molecular formula is C26H32N8O4. The number of piperidine rings is 1. The summed E-state index contributed by atoms with van der Waals surface area (Å²) in [7, 11) is 1.77. The maximum absolute atomic E-state index is 13.4. The fourth-order valence-electron chi connectivity index (χ4n) is 5.23. The molecule has 1 aliphatic carbocycles. The van der Waals surface area contributed by atoms with Crippen molar-refractivity contribution in [2.24, 2.45) is 0 Å². The van der Waals surface area contributed by atoms with Crippen molar-refractivity contribution >= 4 is 34.7 Å². The molecule has 0 aromatic carbocycles. The first-order chi connectivity index (χ1) is 18.5. The van der Waals surface area contributed by atoms with Crippen molar-refractivity contribution < 1.29 is 14.3 Å². The van der Waals surface area contributed by atoms with Crippen LogP contribution in [0.5, 0.6) is 0 Å². The summed E-state index contributed by atoms with van der Waals surface area (Å²) in [6.07, 6.45) is 8.06. The quantitative estimate of drug-likeness (QED) is 0.430. The molecule has 5 heterocycles. The number of nitrogens with one attached hydrogen (secondary N) is 3. The number of pyridine rings is 1. The van der Waals surface area contributed by atoms with E-state index in [-0.39, 0.29) is 35.6 Å². The van der Waals surface area contributed by atoms with Gasteiger partial charge in [-0.15, -0.1) is 5.10 Å². The van der Waals surface area contributed by atoms with Gasteiger partial charge in [-0.05, 0) is 50.7 Å². The van der Waals surface area contributed by atoms with Gasteiger partial charge < -0.3 is 30.2 Å². The lowest BCUT2D eigenvalue weighted by molar-refractivity contribution is -0.142. The first-order valence-corrected chi connectivity index (χ1v) is 13.3. The number of likely N-dealkylation sites (tertiary alicyclic amines) is 1. The minimum atomic E-state index is -0.315. The zero-order valence-electron chi connectivity index (χ0n) is 21.4. The molecule has 200 valence electrons. The number of imidazole rings is 1. The molecule has 12 heteroatoms. The highest BCUT2D eigenvalue weighted by molar-refractivity contribution is 5.94.